The molecule has 0 N–H and O–H groups in total. The first-order chi connectivity index (χ1) is 10.1. The van der Waals surface area contributed by atoms with Crippen molar-refractivity contribution in [3.63, 3.8) is 0 Å². The van der Waals surface area contributed by atoms with Gasteiger partial charge in [-0.2, -0.15) is 0 Å². The van der Waals surface area contributed by atoms with Crippen LogP contribution in [-0.4, -0.2) is 35.3 Å². The Hall–Kier alpha value is -1.68. The van der Waals surface area contributed by atoms with Crippen molar-refractivity contribution < 1.29 is 9.59 Å². The quantitative estimate of drug-likeness (QED) is 0.784. The van der Waals surface area contributed by atoms with E-state index in [-0.39, 0.29) is 17.9 Å². The number of piperidine rings is 1. The topological polar surface area (TPSA) is 40.6 Å². The molecule has 0 aromatic heterocycles. The summed E-state index contributed by atoms with van der Waals surface area (Å²) in [5.74, 6) is -0.135. The number of likely N-dealkylation sites (tertiary alicyclic amines) is 1. The molecule has 4 nitrogen and oxygen atoms in total. The van der Waals surface area contributed by atoms with E-state index in [1.54, 1.807) is 0 Å². The molecule has 2 aliphatic heterocycles. The first-order valence-corrected chi connectivity index (χ1v) is 7.77. The summed E-state index contributed by atoms with van der Waals surface area (Å²) in [5, 5.41) is 0. The lowest BCUT2D eigenvalue weighted by molar-refractivity contribution is -0.123. The van der Waals surface area contributed by atoms with Gasteiger partial charge in [0.15, 0.2) is 0 Å². The van der Waals surface area contributed by atoms with Gasteiger partial charge in [0.1, 0.15) is 0 Å². The predicted octanol–water partition coefficient (Wildman–Crippen LogP) is 2.50. The van der Waals surface area contributed by atoms with E-state index in [0.717, 1.165) is 24.9 Å². The van der Waals surface area contributed by atoms with Crippen LogP contribution in [-0.2, 0) is 9.59 Å². The Morgan fingerprint density at radius 1 is 1.10 bits per heavy atom. The monoisotopic (exact) mass is 286 g/mol. The van der Waals surface area contributed by atoms with Crippen LogP contribution in [0.15, 0.2) is 24.3 Å². The van der Waals surface area contributed by atoms with Gasteiger partial charge in [-0.05, 0) is 45.4 Å². The lowest BCUT2D eigenvalue weighted by atomic mass is 10.0. The number of hydrogen-bond acceptors (Lipinski definition) is 3. The molecule has 0 bridgehead atoms. The van der Waals surface area contributed by atoms with Gasteiger partial charge >= 0.3 is 0 Å². The van der Waals surface area contributed by atoms with Crippen LogP contribution in [0, 0.1) is 6.92 Å². The molecule has 2 fully saturated rings. The fourth-order valence-corrected chi connectivity index (χ4v) is 3.42. The van der Waals surface area contributed by atoms with Gasteiger partial charge in [-0.25, -0.2) is 4.90 Å². The molecule has 21 heavy (non-hydrogen) atoms. The zero-order chi connectivity index (χ0) is 15.0. The lowest BCUT2D eigenvalue weighted by Crippen LogP contribution is -2.48. The SMILES string of the molecule is Cc1ccc(N2C(=O)CC(N3CCCCC3C)C2=O)cc1. The highest BCUT2D eigenvalue weighted by Crippen LogP contribution is 2.29. The second kappa shape index (κ2) is 5.60. The summed E-state index contributed by atoms with van der Waals surface area (Å²) in [6.45, 7) is 5.08. The number of anilines is 1. The van der Waals surface area contributed by atoms with Gasteiger partial charge in [0, 0.05) is 6.04 Å². The largest absolute Gasteiger partial charge is 0.289 e. The molecule has 3 rings (SSSR count). The summed E-state index contributed by atoms with van der Waals surface area (Å²) in [5.41, 5.74) is 1.82. The molecule has 1 aromatic rings. The fourth-order valence-electron chi connectivity index (χ4n) is 3.42. The summed E-state index contributed by atoms with van der Waals surface area (Å²) in [4.78, 5) is 28.6. The Labute approximate surface area is 125 Å². The Morgan fingerprint density at radius 3 is 2.48 bits per heavy atom. The van der Waals surface area contributed by atoms with Crippen LogP contribution < -0.4 is 4.90 Å². The van der Waals surface area contributed by atoms with Gasteiger partial charge in [-0.15, -0.1) is 0 Å². The number of rotatable bonds is 2. The van der Waals surface area contributed by atoms with Crippen molar-refractivity contribution in [1.82, 2.24) is 4.90 Å². The minimum atomic E-state index is -0.269. The third kappa shape index (κ3) is 2.60. The molecule has 2 atom stereocenters. The van der Waals surface area contributed by atoms with E-state index < -0.39 is 0 Å². The number of benzene rings is 1. The van der Waals surface area contributed by atoms with Crippen LogP contribution in [0.1, 0.15) is 38.2 Å². The highest BCUT2D eigenvalue weighted by atomic mass is 16.2. The minimum Gasteiger partial charge on any atom is -0.289 e. The van der Waals surface area contributed by atoms with Gasteiger partial charge in [0.05, 0.1) is 18.2 Å². The molecule has 0 radical (unpaired) electrons. The minimum absolute atomic E-state index is 0.0578. The van der Waals surface area contributed by atoms with Crippen molar-refractivity contribution in [3.8, 4) is 0 Å². The molecular weight excluding hydrogens is 264 g/mol. The smallest absolute Gasteiger partial charge is 0.251 e. The van der Waals surface area contributed by atoms with Crippen molar-refractivity contribution in [2.75, 3.05) is 11.4 Å². The molecule has 2 amide bonds. The molecule has 2 saturated heterocycles. The third-order valence-electron chi connectivity index (χ3n) is 4.67. The number of imide groups is 1. The van der Waals surface area contributed by atoms with E-state index in [9.17, 15) is 9.59 Å². The Kier molecular flexibility index (Phi) is 3.81. The Bertz CT molecular complexity index is 552. The van der Waals surface area contributed by atoms with Crippen LogP contribution in [0.4, 0.5) is 5.69 Å². The van der Waals surface area contributed by atoms with Gasteiger partial charge in [-0.1, -0.05) is 24.1 Å². The molecule has 0 aliphatic carbocycles. The molecule has 112 valence electrons. The standard InChI is InChI=1S/C17H22N2O2/c1-12-6-8-14(9-7-12)19-16(20)11-15(17(19)21)18-10-4-3-5-13(18)2/h6-9,13,15H,3-5,10-11H2,1-2H3. The van der Waals surface area contributed by atoms with E-state index in [0.29, 0.717) is 18.2 Å². The molecule has 0 saturated carbocycles. The lowest BCUT2D eigenvalue weighted by Gasteiger charge is -2.36. The molecule has 0 spiro atoms. The second-order valence-corrected chi connectivity index (χ2v) is 6.21. The normalized spacial score (nSPS) is 27.4. The first-order valence-electron chi connectivity index (χ1n) is 7.77. The molecule has 2 aliphatic rings. The number of hydrogen-bond donors (Lipinski definition) is 0. The van der Waals surface area contributed by atoms with Crippen molar-refractivity contribution in [2.24, 2.45) is 0 Å². The highest BCUT2D eigenvalue weighted by molar-refractivity contribution is 6.22. The van der Waals surface area contributed by atoms with E-state index in [4.69, 9.17) is 0 Å². The van der Waals surface area contributed by atoms with Crippen molar-refractivity contribution >= 4 is 17.5 Å². The molecular formula is C17H22N2O2. The van der Waals surface area contributed by atoms with Crippen LogP contribution >= 0.6 is 0 Å². The maximum atomic E-state index is 12.7. The summed E-state index contributed by atoms with van der Waals surface area (Å²) < 4.78 is 0. The summed E-state index contributed by atoms with van der Waals surface area (Å²) in [6, 6.07) is 7.70. The van der Waals surface area contributed by atoms with Gasteiger partial charge < -0.3 is 0 Å². The predicted molar refractivity (Wildman–Crippen MR) is 82.1 cm³/mol. The number of amides is 2. The van der Waals surface area contributed by atoms with Crippen LogP contribution in [0.3, 0.4) is 0 Å². The van der Waals surface area contributed by atoms with Crippen LogP contribution in [0.25, 0.3) is 0 Å². The summed E-state index contributed by atoms with van der Waals surface area (Å²) in [6.07, 6.45) is 3.76. The summed E-state index contributed by atoms with van der Waals surface area (Å²) in [7, 11) is 0. The number of carbonyl (C=O) groups excluding carboxylic acids is 2. The fraction of sp³-hybridized carbons (Fsp3) is 0.529. The van der Waals surface area contributed by atoms with E-state index in [1.807, 2.05) is 31.2 Å². The summed E-state index contributed by atoms with van der Waals surface area (Å²) >= 11 is 0. The van der Waals surface area contributed by atoms with E-state index in [2.05, 4.69) is 11.8 Å². The number of aryl methyl sites for hydroxylation is 1. The first kappa shape index (κ1) is 14.3. The Balaban J connectivity index is 1.83. The average Bonchev–Trinajstić information content (AvgIpc) is 2.76. The van der Waals surface area contributed by atoms with Crippen molar-refractivity contribution in [3.05, 3.63) is 29.8 Å². The maximum absolute atomic E-state index is 12.7. The third-order valence-corrected chi connectivity index (χ3v) is 4.67. The number of nitrogens with zero attached hydrogens (tertiary/aromatic N) is 2. The average molecular weight is 286 g/mol. The van der Waals surface area contributed by atoms with Crippen molar-refractivity contribution in [1.29, 1.82) is 0 Å². The zero-order valence-corrected chi connectivity index (χ0v) is 12.7. The molecule has 2 heterocycles. The molecule has 2 unspecified atom stereocenters. The van der Waals surface area contributed by atoms with Gasteiger partial charge in [0.2, 0.25) is 5.91 Å². The second-order valence-electron chi connectivity index (χ2n) is 6.21. The van der Waals surface area contributed by atoms with Crippen LogP contribution in [0.2, 0.25) is 0 Å². The van der Waals surface area contributed by atoms with Gasteiger partial charge in [-0.3, -0.25) is 14.5 Å². The molecule has 1 aromatic carbocycles. The maximum Gasteiger partial charge on any atom is 0.251 e. The van der Waals surface area contributed by atoms with Gasteiger partial charge in [0.25, 0.3) is 5.91 Å². The van der Waals surface area contributed by atoms with E-state index in [1.165, 1.54) is 11.3 Å². The molecule has 4 heteroatoms. The zero-order valence-electron chi connectivity index (χ0n) is 12.7. The highest BCUT2D eigenvalue weighted by Gasteiger charge is 2.44. The van der Waals surface area contributed by atoms with E-state index >= 15 is 0 Å². The number of carbonyl (C=O) groups is 2. The Morgan fingerprint density at radius 2 is 1.81 bits per heavy atom. The van der Waals surface area contributed by atoms with Crippen LogP contribution in [0.5, 0.6) is 0 Å². The van der Waals surface area contributed by atoms with Crippen molar-refractivity contribution in [2.45, 2.75) is 51.6 Å².